The van der Waals surface area contributed by atoms with Gasteiger partial charge in [0, 0.05) is 73.6 Å². The van der Waals surface area contributed by atoms with Gasteiger partial charge in [0.1, 0.15) is 11.6 Å². The molecule has 0 aliphatic carbocycles. The van der Waals surface area contributed by atoms with Gasteiger partial charge in [-0.05, 0) is 37.5 Å². The summed E-state index contributed by atoms with van der Waals surface area (Å²) in [4.78, 5) is 34.2. The average Bonchev–Trinajstić information content (AvgIpc) is 3.21. The molecule has 0 saturated carbocycles. The Labute approximate surface area is 203 Å². The standard InChI is InChI=1S/C25H29N7O3/c1-35-21-13-18(3-4-19(21)17(14-26)15-27)32-12-7-25(24(32)34)5-10-31(11-6-25)23(33)20(16-28)22-29-8-2-9-30-22/h2-4,8-9,13-16,26,28-29H,5-7,10-12,27H2,1H3/b17-15+,22-20-,26-14?,28-16?. The van der Waals surface area contributed by atoms with E-state index in [1.165, 1.54) is 6.20 Å². The molecule has 2 fully saturated rings. The molecule has 3 heterocycles. The summed E-state index contributed by atoms with van der Waals surface area (Å²) in [6.45, 7) is 1.46. The summed E-state index contributed by atoms with van der Waals surface area (Å²) in [6.07, 6.45) is 10.3. The van der Waals surface area contributed by atoms with E-state index >= 15 is 0 Å². The second-order valence-corrected chi connectivity index (χ2v) is 8.62. The van der Waals surface area contributed by atoms with Gasteiger partial charge in [-0.25, -0.2) is 4.99 Å². The van der Waals surface area contributed by atoms with Gasteiger partial charge in [0.15, 0.2) is 0 Å². The van der Waals surface area contributed by atoms with Gasteiger partial charge in [-0.2, -0.15) is 0 Å². The number of hydrogen-bond acceptors (Lipinski definition) is 8. The van der Waals surface area contributed by atoms with Crippen LogP contribution in [-0.4, -0.2) is 62.1 Å². The third kappa shape index (κ3) is 4.34. The first-order chi connectivity index (χ1) is 17.0. The third-order valence-electron chi connectivity index (χ3n) is 6.90. The zero-order chi connectivity index (χ0) is 25.0. The number of nitrogens with two attached hydrogens (primary N) is 1. The van der Waals surface area contributed by atoms with E-state index in [0.717, 1.165) is 18.1 Å². The summed E-state index contributed by atoms with van der Waals surface area (Å²) in [7, 11) is 1.54. The van der Waals surface area contributed by atoms with Crippen LogP contribution in [0.3, 0.4) is 0 Å². The number of piperidine rings is 1. The molecule has 1 aromatic rings. The number of carbonyl (C=O) groups is 2. The van der Waals surface area contributed by atoms with Crippen molar-refractivity contribution < 1.29 is 14.3 Å². The zero-order valence-corrected chi connectivity index (χ0v) is 19.6. The number of aliphatic imine (C=N–C) groups is 1. The lowest BCUT2D eigenvalue weighted by Gasteiger charge is -2.38. The predicted molar refractivity (Wildman–Crippen MR) is 136 cm³/mol. The molecule has 10 heteroatoms. The normalized spacial score (nSPS) is 20.6. The highest BCUT2D eigenvalue weighted by molar-refractivity contribution is 6.12. The fraction of sp³-hybridized carbons (Fsp3) is 0.320. The van der Waals surface area contributed by atoms with E-state index in [1.54, 1.807) is 47.5 Å². The number of allylic oxidation sites excluding steroid dienone is 2. The SMILES string of the molecule is COc1cc(N2CCC3(CCN(C(=O)/C(C=N)=C4\N=CC=CN4)CC3)C2=O)ccc1/C(C=N)=C/N. The highest BCUT2D eigenvalue weighted by Gasteiger charge is 2.49. The number of likely N-dealkylation sites (tertiary alicyclic amines) is 1. The maximum absolute atomic E-state index is 13.6. The van der Waals surface area contributed by atoms with Gasteiger partial charge >= 0.3 is 0 Å². The molecule has 182 valence electrons. The van der Waals surface area contributed by atoms with Crippen molar-refractivity contribution in [3.63, 3.8) is 0 Å². The van der Waals surface area contributed by atoms with Crippen LogP contribution in [0.1, 0.15) is 24.8 Å². The van der Waals surface area contributed by atoms with Crippen LogP contribution in [0.2, 0.25) is 0 Å². The fourth-order valence-electron chi connectivity index (χ4n) is 4.84. The summed E-state index contributed by atoms with van der Waals surface area (Å²) < 4.78 is 5.50. The molecule has 2 saturated heterocycles. The van der Waals surface area contributed by atoms with Gasteiger partial charge in [-0.3, -0.25) is 9.59 Å². The van der Waals surface area contributed by atoms with Crippen LogP contribution >= 0.6 is 0 Å². The van der Waals surface area contributed by atoms with Gasteiger partial charge in [0.2, 0.25) is 5.91 Å². The van der Waals surface area contributed by atoms with E-state index in [9.17, 15) is 9.59 Å². The lowest BCUT2D eigenvalue weighted by Crippen LogP contribution is -2.47. The van der Waals surface area contributed by atoms with Gasteiger partial charge < -0.3 is 36.4 Å². The summed E-state index contributed by atoms with van der Waals surface area (Å²) in [5.41, 5.74) is 7.26. The first kappa shape index (κ1) is 23.9. The number of hydrogen-bond donors (Lipinski definition) is 4. The molecule has 0 radical (unpaired) electrons. The van der Waals surface area contributed by atoms with Crippen molar-refractivity contribution in [3.05, 3.63) is 53.6 Å². The minimum atomic E-state index is -0.512. The number of ether oxygens (including phenoxy) is 1. The molecule has 0 unspecified atom stereocenters. The Morgan fingerprint density at radius 2 is 1.94 bits per heavy atom. The van der Waals surface area contributed by atoms with E-state index in [0.29, 0.717) is 61.6 Å². The summed E-state index contributed by atoms with van der Waals surface area (Å²) in [5.74, 6) is 0.680. The molecule has 2 amide bonds. The van der Waals surface area contributed by atoms with Crippen LogP contribution in [-0.2, 0) is 9.59 Å². The number of carbonyl (C=O) groups excluding carboxylic acids is 2. The fourth-order valence-corrected chi connectivity index (χ4v) is 4.84. The van der Waals surface area contributed by atoms with Crippen molar-refractivity contribution in [2.24, 2.45) is 16.1 Å². The Bertz CT molecular complexity index is 1170. The van der Waals surface area contributed by atoms with Crippen molar-refractivity contribution in [2.45, 2.75) is 19.3 Å². The monoisotopic (exact) mass is 475 g/mol. The minimum Gasteiger partial charge on any atom is -0.496 e. The predicted octanol–water partition coefficient (Wildman–Crippen LogP) is 2.04. The van der Waals surface area contributed by atoms with Crippen LogP contribution < -0.4 is 20.7 Å². The quantitative estimate of drug-likeness (QED) is 0.367. The molecule has 0 bridgehead atoms. The van der Waals surface area contributed by atoms with E-state index in [4.69, 9.17) is 21.3 Å². The molecule has 0 aromatic heterocycles. The van der Waals surface area contributed by atoms with E-state index in [2.05, 4.69) is 10.3 Å². The van der Waals surface area contributed by atoms with Gasteiger partial charge in [-0.15, -0.1) is 0 Å². The summed E-state index contributed by atoms with van der Waals surface area (Å²) in [6, 6.07) is 5.45. The van der Waals surface area contributed by atoms with Crippen LogP contribution in [0.15, 0.2) is 53.1 Å². The van der Waals surface area contributed by atoms with Crippen LogP contribution in [0, 0.1) is 16.2 Å². The smallest absolute Gasteiger partial charge is 0.259 e. The van der Waals surface area contributed by atoms with Crippen LogP contribution in [0.5, 0.6) is 5.75 Å². The number of amides is 2. The van der Waals surface area contributed by atoms with Crippen molar-refractivity contribution in [1.29, 1.82) is 10.8 Å². The number of methoxy groups -OCH3 is 1. The second kappa shape index (κ2) is 9.96. The zero-order valence-electron chi connectivity index (χ0n) is 19.6. The lowest BCUT2D eigenvalue weighted by molar-refractivity contribution is -0.134. The largest absolute Gasteiger partial charge is 0.496 e. The molecule has 3 aliphatic heterocycles. The average molecular weight is 476 g/mol. The molecule has 1 spiro atoms. The maximum atomic E-state index is 13.6. The molecular formula is C25H29N7O3. The van der Waals surface area contributed by atoms with Crippen molar-refractivity contribution in [3.8, 4) is 5.75 Å². The Morgan fingerprint density at radius 1 is 1.20 bits per heavy atom. The van der Waals surface area contributed by atoms with Gasteiger partial charge in [-0.1, -0.05) is 0 Å². The molecule has 4 rings (SSSR count). The highest BCUT2D eigenvalue weighted by atomic mass is 16.5. The topological polar surface area (TPSA) is 148 Å². The lowest BCUT2D eigenvalue weighted by atomic mass is 9.77. The summed E-state index contributed by atoms with van der Waals surface area (Å²) in [5, 5.41) is 18.1. The number of anilines is 1. The molecule has 35 heavy (non-hydrogen) atoms. The molecule has 5 N–H and O–H groups in total. The second-order valence-electron chi connectivity index (χ2n) is 8.62. The Morgan fingerprint density at radius 3 is 2.54 bits per heavy atom. The number of rotatable bonds is 6. The van der Waals surface area contributed by atoms with Gasteiger partial charge in [0.25, 0.3) is 5.91 Å². The minimum absolute atomic E-state index is 0.0513. The summed E-state index contributed by atoms with van der Waals surface area (Å²) >= 11 is 0. The number of nitrogens with one attached hydrogen (secondary N) is 3. The first-order valence-corrected chi connectivity index (χ1v) is 11.4. The highest BCUT2D eigenvalue weighted by Crippen LogP contribution is 2.44. The molecule has 1 aromatic carbocycles. The van der Waals surface area contributed by atoms with E-state index < -0.39 is 5.41 Å². The van der Waals surface area contributed by atoms with Crippen molar-refractivity contribution in [1.82, 2.24) is 10.2 Å². The number of nitrogens with zero attached hydrogens (tertiary/aromatic N) is 3. The Balaban J connectivity index is 1.48. The maximum Gasteiger partial charge on any atom is 0.259 e. The Hall–Kier alpha value is -4.21. The first-order valence-electron chi connectivity index (χ1n) is 11.4. The van der Waals surface area contributed by atoms with E-state index in [1.807, 2.05) is 6.07 Å². The third-order valence-corrected chi connectivity index (χ3v) is 6.90. The van der Waals surface area contributed by atoms with Gasteiger partial charge in [0.05, 0.1) is 18.1 Å². The molecular weight excluding hydrogens is 446 g/mol. The molecule has 0 atom stereocenters. The van der Waals surface area contributed by atoms with Crippen molar-refractivity contribution in [2.75, 3.05) is 31.6 Å². The van der Waals surface area contributed by atoms with Crippen LogP contribution in [0.4, 0.5) is 5.69 Å². The molecule has 3 aliphatic rings. The van der Waals surface area contributed by atoms with Crippen LogP contribution in [0.25, 0.3) is 5.57 Å². The van der Waals surface area contributed by atoms with E-state index in [-0.39, 0.29) is 17.4 Å². The van der Waals surface area contributed by atoms with Crippen molar-refractivity contribution >= 4 is 41.7 Å². The Kier molecular flexibility index (Phi) is 6.81. The molecule has 10 nitrogen and oxygen atoms in total. The number of benzene rings is 1.